The van der Waals surface area contributed by atoms with Gasteiger partial charge in [-0.15, -0.1) is 0 Å². The molecule has 0 aliphatic rings. The van der Waals surface area contributed by atoms with E-state index in [4.69, 9.17) is 19.5 Å². The summed E-state index contributed by atoms with van der Waals surface area (Å²) in [4.78, 5) is 4.23. The van der Waals surface area contributed by atoms with Crippen LogP contribution < -0.4 is 10.5 Å². The van der Waals surface area contributed by atoms with E-state index in [0.717, 1.165) is 9.17 Å². The van der Waals surface area contributed by atoms with Gasteiger partial charge in [-0.25, -0.2) is 4.98 Å². The molecular weight excluding hydrogens is 379 g/mol. The molecule has 0 fully saturated rings. The summed E-state index contributed by atoms with van der Waals surface area (Å²) in [5.41, 5.74) is 6.36. The van der Waals surface area contributed by atoms with Crippen LogP contribution in [0.2, 0.25) is 0 Å². The van der Waals surface area contributed by atoms with Gasteiger partial charge in [-0.3, -0.25) is 4.57 Å². The zero-order chi connectivity index (χ0) is 15.5. The number of rotatable bonds is 7. The van der Waals surface area contributed by atoms with Crippen LogP contribution in [0, 0.1) is 0 Å². The van der Waals surface area contributed by atoms with Crippen molar-refractivity contribution in [2.45, 2.75) is 13.8 Å². The Kier molecular flexibility index (Phi) is 5.62. The maximum Gasteiger partial charge on any atom is 0.367 e. The van der Waals surface area contributed by atoms with Gasteiger partial charge in [0.1, 0.15) is 11.3 Å². The van der Waals surface area contributed by atoms with Gasteiger partial charge in [-0.1, -0.05) is 27.3 Å². The smallest absolute Gasteiger partial charge is 0.367 e. The minimum Gasteiger partial charge on any atom is -0.479 e. The molecular formula is C12H16BrN2O4PS. The quantitative estimate of drug-likeness (QED) is 0.706. The Hall–Kier alpha value is -0.660. The number of nitrogens with two attached hydrogens (primary N) is 1. The number of hydrogen-bond acceptors (Lipinski definition) is 7. The SMILES string of the molecule is CCOP(=O)(COc1cc(Br)cc2sc(N)nc12)OCC. The first-order valence-corrected chi connectivity index (χ1v) is 9.67. The summed E-state index contributed by atoms with van der Waals surface area (Å²) in [6, 6.07) is 3.66. The van der Waals surface area contributed by atoms with Crippen LogP contribution in [0.1, 0.15) is 13.8 Å². The molecule has 1 aromatic heterocycles. The minimum absolute atomic E-state index is 0.169. The van der Waals surface area contributed by atoms with E-state index in [9.17, 15) is 4.57 Å². The van der Waals surface area contributed by atoms with E-state index in [0.29, 0.717) is 16.4 Å². The van der Waals surface area contributed by atoms with E-state index in [1.165, 1.54) is 11.3 Å². The lowest BCUT2D eigenvalue weighted by molar-refractivity contribution is 0.197. The number of thiazole rings is 1. The Balaban J connectivity index is 2.24. The highest BCUT2D eigenvalue weighted by molar-refractivity contribution is 9.10. The number of nitrogen functional groups attached to an aromatic ring is 1. The Morgan fingerprint density at radius 3 is 2.62 bits per heavy atom. The highest BCUT2D eigenvalue weighted by Gasteiger charge is 2.25. The summed E-state index contributed by atoms with van der Waals surface area (Å²) in [6.07, 6.45) is -0.169. The van der Waals surface area contributed by atoms with E-state index in [1.807, 2.05) is 6.07 Å². The fraction of sp³-hybridized carbons (Fsp3) is 0.417. The van der Waals surface area contributed by atoms with Gasteiger partial charge in [0.05, 0.1) is 17.9 Å². The molecule has 0 bridgehead atoms. The molecule has 21 heavy (non-hydrogen) atoms. The van der Waals surface area contributed by atoms with Gasteiger partial charge >= 0.3 is 7.60 Å². The number of benzene rings is 1. The van der Waals surface area contributed by atoms with Gasteiger partial charge in [-0.05, 0) is 26.0 Å². The van der Waals surface area contributed by atoms with Gasteiger partial charge < -0.3 is 19.5 Å². The van der Waals surface area contributed by atoms with Crippen molar-refractivity contribution in [3.05, 3.63) is 16.6 Å². The second-order valence-electron chi connectivity index (χ2n) is 4.02. The van der Waals surface area contributed by atoms with Crippen molar-refractivity contribution in [2.75, 3.05) is 25.3 Å². The molecule has 0 saturated carbocycles. The van der Waals surface area contributed by atoms with Crippen molar-refractivity contribution < 1.29 is 18.3 Å². The molecule has 1 aromatic carbocycles. The number of halogens is 1. The standard InChI is InChI=1S/C12H16BrN2O4PS/c1-3-18-20(16,19-4-2)7-17-9-5-8(13)6-10-11(9)15-12(14)21-10/h5-6H,3-4,7H2,1-2H3,(H2,14,15). The van der Waals surface area contributed by atoms with Crippen LogP contribution in [0.15, 0.2) is 16.6 Å². The molecule has 2 N–H and O–H groups in total. The van der Waals surface area contributed by atoms with Gasteiger partial charge in [0.25, 0.3) is 0 Å². The van der Waals surface area contributed by atoms with Crippen LogP contribution in [0.4, 0.5) is 5.13 Å². The first kappa shape index (κ1) is 16.7. The number of nitrogens with zero attached hydrogens (tertiary/aromatic N) is 1. The van der Waals surface area contributed by atoms with Gasteiger partial charge in [0, 0.05) is 4.47 Å². The molecule has 0 radical (unpaired) electrons. The van der Waals surface area contributed by atoms with E-state index < -0.39 is 7.60 Å². The van der Waals surface area contributed by atoms with Crippen molar-refractivity contribution in [2.24, 2.45) is 0 Å². The Labute approximate surface area is 135 Å². The molecule has 0 spiro atoms. The summed E-state index contributed by atoms with van der Waals surface area (Å²) in [7, 11) is -3.26. The number of anilines is 1. The van der Waals surface area contributed by atoms with Crippen LogP contribution in [-0.2, 0) is 13.6 Å². The topological polar surface area (TPSA) is 83.7 Å². The lowest BCUT2D eigenvalue weighted by Crippen LogP contribution is -2.06. The molecule has 0 saturated heterocycles. The first-order valence-electron chi connectivity index (χ1n) is 6.34. The molecule has 2 aromatic rings. The molecule has 0 unspecified atom stereocenters. The van der Waals surface area contributed by atoms with E-state index in [2.05, 4.69) is 20.9 Å². The largest absolute Gasteiger partial charge is 0.479 e. The number of hydrogen-bond donors (Lipinski definition) is 1. The van der Waals surface area contributed by atoms with E-state index >= 15 is 0 Å². The molecule has 0 aliphatic heterocycles. The van der Waals surface area contributed by atoms with Gasteiger partial charge in [-0.2, -0.15) is 0 Å². The third kappa shape index (κ3) is 4.17. The number of ether oxygens (including phenoxy) is 1. The highest BCUT2D eigenvalue weighted by Crippen LogP contribution is 2.48. The van der Waals surface area contributed by atoms with Crippen LogP contribution in [-0.4, -0.2) is 24.5 Å². The predicted molar refractivity (Wildman–Crippen MR) is 88.1 cm³/mol. The maximum atomic E-state index is 12.4. The Morgan fingerprint density at radius 1 is 1.33 bits per heavy atom. The molecule has 2 rings (SSSR count). The fourth-order valence-corrected chi connectivity index (χ4v) is 4.43. The number of fused-ring (bicyclic) bond motifs is 1. The van der Waals surface area contributed by atoms with Gasteiger partial charge in [0.2, 0.25) is 0 Å². The second kappa shape index (κ2) is 7.07. The minimum atomic E-state index is -3.26. The molecule has 1 heterocycles. The molecule has 9 heteroatoms. The van der Waals surface area contributed by atoms with Crippen LogP contribution in [0.5, 0.6) is 5.75 Å². The second-order valence-corrected chi connectivity index (χ2v) is 8.00. The van der Waals surface area contributed by atoms with Crippen LogP contribution in [0.25, 0.3) is 10.2 Å². The zero-order valence-corrected chi connectivity index (χ0v) is 15.0. The summed E-state index contributed by atoms with van der Waals surface area (Å²) in [5.74, 6) is 0.493. The van der Waals surface area contributed by atoms with Crippen LogP contribution >= 0.6 is 34.9 Å². The first-order chi connectivity index (χ1) is 9.97. The fourth-order valence-electron chi connectivity index (χ4n) is 1.75. The average molecular weight is 395 g/mol. The lowest BCUT2D eigenvalue weighted by atomic mass is 10.3. The molecule has 116 valence electrons. The third-order valence-electron chi connectivity index (χ3n) is 2.47. The number of aromatic nitrogens is 1. The lowest BCUT2D eigenvalue weighted by Gasteiger charge is -2.17. The normalized spacial score (nSPS) is 12.0. The van der Waals surface area contributed by atoms with Crippen molar-refractivity contribution in [3.63, 3.8) is 0 Å². The van der Waals surface area contributed by atoms with Crippen molar-refractivity contribution in [1.29, 1.82) is 0 Å². The zero-order valence-electron chi connectivity index (χ0n) is 11.7. The van der Waals surface area contributed by atoms with Gasteiger partial charge in [0.15, 0.2) is 11.5 Å². The Bertz CT molecular complexity index is 669. The summed E-state index contributed by atoms with van der Waals surface area (Å²) in [5, 5.41) is 0.450. The summed E-state index contributed by atoms with van der Waals surface area (Å²) >= 11 is 4.76. The summed E-state index contributed by atoms with van der Waals surface area (Å²) < 4.78 is 30.1. The van der Waals surface area contributed by atoms with Crippen molar-refractivity contribution >= 4 is 50.2 Å². The maximum absolute atomic E-state index is 12.4. The summed E-state index contributed by atoms with van der Waals surface area (Å²) in [6.45, 7) is 4.09. The highest BCUT2D eigenvalue weighted by atomic mass is 79.9. The predicted octanol–water partition coefficient (Wildman–Crippen LogP) is 4.24. The molecule has 6 nitrogen and oxygen atoms in total. The monoisotopic (exact) mass is 394 g/mol. The average Bonchev–Trinajstić information content (AvgIpc) is 2.77. The Morgan fingerprint density at radius 2 is 2.00 bits per heavy atom. The van der Waals surface area contributed by atoms with Crippen molar-refractivity contribution in [3.8, 4) is 5.75 Å². The van der Waals surface area contributed by atoms with E-state index in [1.54, 1.807) is 19.9 Å². The third-order valence-corrected chi connectivity index (χ3v) is 5.51. The van der Waals surface area contributed by atoms with Crippen molar-refractivity contribution in [1.82, 2.24) is 4.98 Å². The molecule has 0 amide bonds. The van der Waals surface area contributed by atoms with E-state index in [-0.39, 0.29) is 19.6 Å². The molecule has 0 aliphatic carbocycles. The molecule has 0 atom stereocenters. The van der Waals surface area contributed by atoms with Crippen LogP contribution in [0.3, 0.4) is 0 Å².